The van der Waals surface area contributed by atoms with Crippen molar-refractivity contribution in [1.82, 2.24) is 4.57 Å². The van der Waals surface area contributed by atoms with Crippen molar-refractivity contribution in [3.63, 3.8) is 0 Å². The van der Waals surface area contributed by atoms with Gasteiger partial charge in [0.15, 0.2) is 0 Å². The molecule has 5 aromatic rings. The number of aromatic nitrogens is 1. The Morgan fingerprint density at radius 2 is 1.57 bits per heavy atom. The topological polar surface area (TPSA) is 4.93 Å². The van der Waals surface area contributed by atoms with E-state index in [0.717, 1.165) is 6.54 Å². The number of aryl methyl sites for hydroxylation is 1. The molecule has 0 bridgehead atoms. The third kappa shape index (κ3) is 3.44. The molecule has 5 rings (SSSR count). The molecule has 0 radical (unpaired) electrons. The first-order chi connectivity index (χ1) is 14.9. The Morgan fingerprint density at radius 3 is 2.43 bits per heavy atom. The largest absolute Gasteiger partial charge is 0.339 e. The van der Waals surface area contributed by atoms with Crippen molar-refractivity contribution < 1.29 is 0 Å². The van der Waals surface area contributed by atoms with Crippen LogP contribution in [0.5, 0.6) is 0 Å². The number of para-hydroxylation sites is 1. The van der Waals surface area contributed by atoms with Crippen molar-refractivity contribution in [3.05, 3.63) is 72.1 Å². The van der Waals surface area contributed by atoms with E-state index >= 15 is 0 Å². The highest BCUT2D eigenvalue weighted by Gasteiger charge is 2.18. The lowest BCUT2D eigenvalue weighted by atomic mass is 9.98. The van der Waals surface area contributed by atoms with Crippen molar-refractivity contribution in [2.75, 3.05) is 0 Å². The van der Waals surface area contributed by atoms with Crippen LogP contribution >= 0.6 is 11.3 Å². The van der Waals surface area contributed by atoms with Gasteiger partial charge in [0, 0.05) is 22.8 Å². The van der Waals surface area contributed by atoms with Crippen LogP contribution < -0.4 is 0 Å². The summed E-state index contributed by atoms with van der Waals surface area (Å²) in [5.74, 6) is 0. The Kier molecular flexibility index (Phi) is 5.59. The van der Waals surface area contributed by atoms with Crippen LogP contribution in [0.25, 0.3) is 43.0 Å². The summed E-state index contributed by atoms with van der Waals surface area (Å²) < 4.78 is 4.03. The predicted molar refractivity (Wildman–Crippen MR) is 134 cm³/mol. The minimum atomic E-state index is 1.10. The van der Waals surface area contributed by atoms with Gasteiger partial charge in [-0.1, -0.05) is 87.6 Å². The number of unbranched alkanes of at least 4 members (excludes halogenated alkanes) is 5. The molecule has 0 unspecified atom stereocenters. The first-order valence-corrected chi connectivity index (χ1v) is 12.2. The molecule has 0 spiro atoms. The van der Waals surface area contributed by atoms with E-state index in [0.29, 0.717) is 0 Å². The molecule has 0 aliphatic rings. The SMILES string of the molecule is CCCCCCCCn1c2ccccc2c2c(-c3ccccc3)cc3ccsc3c21. The molecule has 0 fully saturated rings. The zero-order chi connectivity index (χ0) is 20.3. The number of hydrogen-bond donors (Lipinski definition) is 0. The Hall–Kier alpha value is -2.58. The Bertz CT molecular complexity index is 1280. The Morgan fingerprint density at radius 1 is 0.800 bits per heavy atom. The molecule has 0 atom stereocenters. The van der Waals surface area contributed by atoms with Gasteiger partial charge in [0.25, 0.3) is 0 Å². The maximum Gasteiger partial charge on any atom is 0.0678 e. The quantitative estimate of drug-likeness (QED) is 0.224. The summed E-state index contributed by atoms with van der Waals surface area (Å²) in [7, 11) is 0. The fourth-order valence-corrected chi connectivity index (χ4v) is 5.73. The maximum atomic E-state index is 2.61. The lowest BCUT2D eigenvalue weighted by Gasteiger charge is -2.10. The number of hydrogen-bond acceptors (Lipinski definition) is 1. The van der Waals surface area contributed by atoms with Crippen molar-refractivity contribution in [1.29, 1.82) is 0 Å². The van der Waals surface area contributed by atoms with E-state index in [2.05, 4.69) is 83.6 Å². The van der Waals surface area contributed by atoms with Gasteiger partial charge in [-0.3, -0.25) is 0 Å². The van der Waals surface area contributed by atoms with Crippen LogP contribution in [0.15, 0.2) is 72.1 Å². The summed E-state index contributed by atoms with van der Waals surface area (Å²) in [4.78, 5) is 0. The first kappa shape index (κ1) is 19.4. The molecule has 0 aliphatic carbocycles. The van der Waals surface area contributed by atoms with Crippen molar-refractivity contribution in [2.45, 2.75) is 52.0 Å². The molecule has 0 amide bonds. The van der Waals surface area contributed by atoms with Gasteiger partial charge in [0.2, 0.25) is 0 Å². The van der Waals surface area contributed by atoms with Gasteiger partial charge in [0.1, 0.15) is 0 Å². The number of benzene rings is 3. The van der Waals surface area contributed by atoms with Gasteiger partial charge < -0.3 is 4.57 Å². The van der Waals surface area contributed by atoms with E-state index in [1.165, 1.54) is 81.5 Å². The third-order valence-corrected chi connectivity index (χ3v) is 7.21. The molecule has 2 heteroatoms. The summed E-state index contributed by atoms with van der Waals surface area (Å²) in [6.07, 6.45) is 7.97. The summed E-state index contributed by atoms with van der Waals surface area (Å²) in [5, 5.41) is 6.40. The van der Waals surface area contributed by atoms with Crippen LogP contribution in [0, 0.1) is 0 Å². The minimum Gasteiger partial charge on any atom is -0.339 e. The molecular weight excluding hydrogens is 382 g/mol. The van der Waals surface area contributed by atoms with Crippen LogP contribution in [0.3, 0.4) is 0 Å². The fraction of sp³-hybridized carbons (Fsp3) is 0.286. The lowest BCUT2D eigenvalue weighted by molar-refractivity contribution is 0.571. The third-order valence-electron chi connectivity index (χ3n) is 6.27. The normalized spacial score (nSPS) is 11.8. The van der Waals surface area contributed by atoms with E-state index in [4.69, 9.17) is 0 Å². The molecule has 1 nitrogen and oxygen atoms in total. The Balaban J connectivity index is 1.68. The molecule has 0 saturated heterocycles. The fourth-order valence-electron chi connectivity index (χ4n) is 4.79. The van der Waals surface area contributed by atoms with Crippen molar-refractivity contribution in [2.24, 2.45) is 0 Å². The molecule has 2 aromatic heterocycles. The van der Waals surface area contributed by atoms with Crippen LogP contribution in [0.2, 0.25) is 0 Å². The number of nitrogens with zero attached hydrogens (tertiary/aromatic N) is 1. The van der Waals surface area contributed by atoms with Gasteiger partial charge >= 0.3 is 0 Å². The highest BCUT2D eigenvalue weighted by Crippen LogP contribution is 2.42. The standard InChI is InChI=1S/C28H29NS/c1-2-3-4-5-6-12-18-29-25-16-11-10-15-23(25)26-24(21-13-8-7-9-14-21)20-22-17-19-30-28(22)27(26)29/h7-11,13-17,19-20H,2-6,12,18H2,1H3. The molecule has 0 aliphatic heterocycles. The maximum absolute atomic E-state index is 2.61. The first-order valence-electron chi connectivity index (χ1n) is 11.3. The second kappa shape index (κ2) is 8.65. The monoisotopic (exact) mass is 411 g/mol. The average Bonchev–Trinajstić information content (AvgIpc) is 3.39. The molecule has 0 saturated carbocycles. The Labute approximate surface area is 183 Å². The number of rotatable bonds is 8. The zero-order valence-electron chi connectivity index (χ0n) is 17.7. The van der Waals surface area contributed by atoms with Crippen LogP contribution in [-0.2, 0) is 6.54 Å². The van der Waals surface area contributed by atoms with E-state index in [9.17, 15) is 0 Å². The van der Waals surface area contributed by atoms with Gasteiger partial charge in [0.05, 0.1) is 10.2 Å². The highest BCUT2D eigenvalue weighted by atomic mass is 32.1. The number of thiophene rings is 1. The van der Waals surface area contributed by atoms with E-state index < -0.39 is 0 Å². The van der Waals surface area contributed by atoms with Gasteiger partial charge in [-0.25, -0.2) is 0 Å². The summed E-state index contributed by atoms with van der Waals surface area (Å²) in [5.41, 5.74) is 5.46. The number of fused-ring (bicyclic) bond motifs is 5. The molecule has 0 N–H and O–H groups in total. The van der Waals surface area contributed by atoms with Gasteiger partial charge in [-0.05, 0) is 46.5 Å². The molecular formula is C28H29NS. The molecule has 3 aromatic carbocycles. The van der Waals surface area contributed by atoms with Crippen molar-refractivity contribution in [3.8, 4) is 11.1 Å². The second-order valence-corrected chi connectivity index (χ2v) is 9.21. The van der Waals surface area contributed by atoms with Crippen LogP contribution in [0.1, 0.15) is 45.4 Å². The summed E-state index contributed by atoms with van der Waals surface area (Å²) in [6, 6.07) is 24.5. The van der Waals surface area contributed by atoms with Gasteiger partial charge in [-0.15, -0.1) is 11.3 Å². The van der Waals surface area contributed by atoms with E-state index in [1.807, 2.05) is 11.3 Å². The van der Waals surface area contributed by atoms with Crippen LogP contribution in [-0.4, -0.2) is 4.57 Å². The predicted octanol–water partition coefficient (Wildman–Crippen LogP) is 9.04. The van der Waals surface area contributed by atoms with Gasteiger partial charge in [-0.2, -0.15) is 0 Å². The molecule has 2 heterocycles. The summed E-state index contributed by atoms with van der Waals surface area (Å²) >= 11 is 1.88. The minimum absolute atomic E-state index is 1.10. The second-order valence-electron chi connectivity index (χ2n) is 8.29. The van der Waals surface area contributed by atoms with E-state index in [-0.39, 0.29) is 0 Å². The van der Waals surface area contributed by atoms with Crippen LogP contribution in [0.4, 0.5) is 0 Å². The zero-order valence-corrected chi connectivity index (χ0v) is 18.5. The average molecular weight is 412 g/mol. The molecule has 152 valence electrons. The van der Waals surface area contributed by atoms with Crippen molar-refractivity contribution >= 4 is 43.2 Å². The smallest absolute Gasteiger partial charge is 0.0678 e. The van der Waals surface area contributed by atoms with E-state index in [1.54, 1.807) is 0 Å². The lowest BCUT2D eigenvalue weighted by Crippen LogP contribution is -1.98. The summed E-state index contributed by atoms with van der Waals surface area (Å²) in [6.45, 7) is 3.38. The molecule has 30 heavy (non-hydrogen) atoms. The highest BCUT2D eigenvalue weighted by molar-refractivity contribution is 7.18.